The molecule has 2 atom stereocenters. The lowest BCUT2D eigenvalue weighted by Crippen LogP contribution is -2.31. The molecule has 0 unspecified atom stereocenters. The van der Waals surface area contributed by atoms with Crippen LogP contribution in [0.1, 0.15) is 6.42 Å². The Kier molecular flexibility index (Phi) is 2.15. The number of carbonyl (C=O) groups is 1. The van der Waals surface area contributed by atoms with E-state index in [1.807, 2.05) is 24.3 Å². The average Bonchev–Trinajstić information content (AvgIpc) is 3.13. The molecular formula is C15H12O4S. The molecule has 1 saturated carbocycles. The van der Waals surface area contributed by atoms with Crippen LogP contribution in [0.15, 0.2) is 47.4 Å². The fraction of sp³-hybridized carbons (Fsp3) is 0.267. The molecule has 1 aliphatic carbocycles. The first kappa shape index (κ1) is 11.9. The number of hydrogen-bond donors (Lipinski definition) is 0. The molecule has 1 aliphatic heterocycles. The van der Waals surface area contributed by atoms with Crippen molar-refractivity contribution in [3.05, 3.63) is 42.5 Å². The summed E-state index contributed by atoms with van der Waals surface area (Å²) < 4.78 is 29.1. The van der Waals surface area contributed by atoms with Crippen molar-refractivity contribution >= 4 is 26.6 Å². The molecule has 20 heavy (non-hydrogen) atoms. The number of cyclic esters (lactones) is 1. The highest BCUT2D eigenvalue weighted by Gasteiger charge is 2.74. The van der Waals surface area contributed by atoms with Gasteiger partial charge in [0.05, 0.1) is 11.5 Å². The molecule has 0 N–H and O–H groups in total. The van der Waals surface area contributed by atoms with E-state index in [4.69, 9.17) is 4.74 Å². The summed E-state index contributed by atoms with van der Waals surface area (Å²) in [7, 11) is -3.68. The van der Waals surface area contributed by atoms with Crippen LogP contribution in [0.25, 0.3) is 10.8 Å². The summed E-state index contributed by atoms with van der Waals surface area (Å²) in [4.78, 5) is 12.0. The minimum absolute atomic E-state index is 0.175. The maximum atomic E-state index is 12.8. The van der Waals surface area contributed by atoms with Crippen molar-refractivity contribution < 1.29 is 17.9 Å². The SMILES string of the molecule is O=C1OC[C@@H]2C[C@]12S(=O)(=O)c1ccc2ccccc2c1. The summed E-state index contributed by atoms with van der Waals surface area (Å²) in [5.74, 6) is -0.762. The molecule has 5 heteroatoms. The van der Waals surface area contributed by atoms with E-state index in [9.17, 15) is 13.2 Å². The fourth-order valence-electron chi connectivity index (χ4n) is 3.03. The highest BCUT2D eigenvalue weighted by atomic mass is 32.2. The molecule has 1 heterocycles. The molecule has 0 aromatic heterocycles. The van der Waals surface area contributed by atoms with E-state index in [0.717, 1.165) is 10.8 Å². The largest absolute Gasteiger partial charge is 0.464 e. The van der Waals surface area contributed by atoms with Crippen LogP contribution in [0.3, 0.4) is 0 Å². The molecule has 2 aromatic rings. The van der Waals surface area contributed by atoms with E-state index in [-0.39, 0.29) is 17.4 Å². The highest BCUT2D eigenvalue weighted by molar-refractivity contribution is 7.94. The van der Waals surface area contributed by atoms with Crippen molar-refractivity contribution in [1.82, 2.24) is 0 Å². The summed E-state index contributed by atoms with van der Waals surface area (Å²) >= 11 is 0. The van der Waals surface area contributed by atoms with Gasteiger partial charge in [-0.25, -0.2) is 8.42 Å². The van der Waals surface area contributed by atoms with Gasteiger partial charge in [0.25, 0.3) is 0 Å². The lowest BCUT2D eigenvalue weighted by Gasteiger charge is -2.12. The summed E-state index contributed by atoms with van der Waals surface area (Å²) in [6.07, 6.45) is 0.390. The number of fused-ring (bicyclic) bond motifs is 2. The van der Waals surface area contributed by atoms with Crippen molar-refractivity contribution in [3.63, 3.8) is 0 Å². The number of benzene rings is 2. The smallest absolute Gasteiger partial charge is 0.328 e. The van der Waals surface area contributed by atoms with E-state index in [0.29, 0.717) is 6.42 Å². The monoisotopic (exact) mass is 288 g/mol. The number of ether oxygens (including phenoxy) is 1. The van der Waals surface area contributed by atoms with Gasteiger partial charge in [-0.3, -0.25) is 4.79 Å². The van der Waals surface area contributed by atoms with Crippen molar-refractivity contribution in [2.45, 2.75) is 16.1 Å². The molecule has 0 radical (unpaired) electrons. The molecule has 2 fully saturated rings. The van der Waals surface area contributed by atoms with Gasteiger partial charge in [-0.15, -0.1) is 0 Å². The predicted octanol–water partition coefficient (Wildman–Crippen LogP) is 1.93. The van der Waals surface area contributed by atoms with Gasteiger partial charge in [0.1, 0.15) is 0 Å². The zero-order valence-corrected chi connectivity index (χ0v) is 11.4. The molecule has 4 nitrogen and oxygen atoms in total. The third-order valence-corrected chi connectivity index (χ3v) is 6.82. The van der Waals surface area contributed by atoms with E-state index >= 15 is 0 Å². The Morgan fingerprint density at radius 3 is 2.50 bits per heavy atom. The van der Waals surface area contributed by atoms with E-state index in [2.05, 4.69) is 0 Å². The molecule has 1 saturated heterocycles. The van der Waals surface area contributed by atoms with Crippen LogP contribution >= 0.6 is 0 Å². The second-order valence-corrected chi connectivity index (χ2v) is 7.61. The topological polar surface area (TPSA) is 60.4 Å². The molecular weight excluding hydrogens is 276 g/mol. The average molecular weight is 288 g/mol. The van der Waals surface area contributed by atoms with Gasteiger partial charge in [0.2, 0.25) is 0 Å². The van der Waals surface area contributed by atoms with Gasteiger partial charge < -0.3 is 4.74 Å². The molecule has 0 amide bonds. The zero-order valence-electron chi connectivity index (χ0n) is 10.6. The normalized spacial score (nSPS) is 28.2. The van der Waals surface area contributed by atoms with Crippen LogP contribution in [0.4, 0.5) is 0 Å². The zero-order chi connectivity index (χ0) is 14.0. The van der Waals surface area contributed by atoms with Crippen LogP contribution in [0.5, 0.6) is 0 Å². The number of esters is 1. The van der Waals surface area contributed by atoms with Crippen molar-refractivity contribution in [3.8, 4) is 0 Å². The van der Waals surface area contributed by atoms with Crippen molar-refractivity contribution in [2.75, 3.05) is 6.61 Å². The Morgan fingerprint density at radius 2 is 1.85 bits per heavy atom. The molecule has 2 aromatic carbocycles. The number of rotatable bonds is 2. The predicted molar refractivity (Wildman–Crippen MR) is 72.9 cm³/mol. The number of sulfone groups is 1. The standard InChI is InChI=1S/C15H12O4S/c16-14-15(8-12(15)9-19-14)20(17,18)13-6-5-10-3-1-2-4-11(10)7-13/h1-7,12H,8-9H2/t12-,15+/m0/s1. The van der Waals surface area contributed by atoms with Gasteiger partial charge in [-0.1, -0.05) is 30.3 Å². The van der Waals surface area contributed by atoms with Crippen LogP contribution in [-0.2, 0) is 19.4 Å². The van der Waals surface area contributed by atoms with Crippen LogP contribution < -0.4 is 0 Å². The van der Waals surface area contributed by atoms with Crippen LogP contribution in [-0.4, -0.2) is 25.7 Å². The Morgan fingerprint density at radius 1 is 1.10 bits per heavy atom. The fourth-order valence-corrected chi connectivity index (χ4v) is 5.19. The first-order valence-corrected chi connectivity index (χ1v) is 7.95. The van der Waals surface area contributed by atoms with E-state index in [1.54, 1.807) is 18.2 Å². The summed E-state index contributed by atoms with van der Waals surface area (Å²) in [5.41, 5.74) is 0. The molecule has 0 spiro atoms. The Hall–Kier alpha value is -1.88. The second kappa shape index (κ2) is 3.61. The van der Waals surface area contributed by atoms with Gasteiger partial charge in [-0.2, -0.15) is 0 Å². The van der Waals surface area contributed by atoms with Gasteiger partial charge in [-0.05, 0) is 29.3 Å². The number of carbonyl (C=O) groups excluding carboxylic acids is 1. The number of hydrogen-bond acceptors (Lipinski definition) is 4. The Balaban J connectivity index is 1.89. The third kappa shape index (κ3) is 1.31. The Labute approximate surface area is 116 Å². The first-order chi connectivity index (χ1) is 9.55. The van der Waals surface area contributed by atoms with Crippen LogP contribution in [0.2, 0.25) is 0 Å². The maximum Gasteiger partial charge on any atom is 0.328 e. The lowest BCUT2D eigenvalue weighted by atomic mass is 10.1. The summed E-state index contributed by atoms with van der Waals surface area (Å²) in [5, 5.41) is 1.83. The van der Waals surface area contributed by atoms with E-state index in [1.165, 1.54) is 0 Å². The molecule has 2 aliphatic rings. The minimum Gasteiger partial charge on any atom is -0.464 e. The Bertz CT molecular complexity index is 840. The first-order valence-electron chi connectivity index (χ1n) is 6.46. The van der Waals surface area contributed by atoms with Gasteiger partial charge in [0.15, 0.2) is 14.6 Å². The maximum absolute atomic E-state index is 12.8. The highest BCUT2D eigenvalue weighted by Crippen LogP contribution is 2.57. The second-order valence-electron chi connectivity index (χ2n) is 5.40. The third-order valence-electron chi connectivity index (χ3n) is 4.32. The summed E-state index contributed by atoms with van der Waals surface area (Å²) in [6, 6.07) is 12.5. The molecule has 102 valence electrons. The van der Waals surface area contributed by atoms with Crippen molar-refractivity contribution in [2.24, 2.45) is 5.92 Å². The summed E-state index contributed by atoms with van der Waals surface area (Å²) in [6.45, 7) is 0.228. The minimum atomic E-state index is -3.68. The van der Waals surface area contributed by atoms with E-state index < -0.39 is 20.6 Å². The quantitative estimate of drug-likeness (QED) is 0.792. The molecule has 0 bridgehead atoms. The van der Waals surface area contributed by atoms with Crippen LogP contribution in [0, 0.1) is 5.92 Å². The van der Waals surface area contributed by atoms with Gasteiger partial charge in [0, 0.05) is 5.92 Å². The van der Waals surface area contributed by atoms with Gasteiger partial charge >= 0.3 is 5.97 Å². The van der Waals surface area contributed by atoms with Crippen molar-refractivity contribution in [1.29, 1.82) is 0 Å². The lowest BCUT2D eigenvalue weighted by molar-refractivity contribution is -0.140. The molecule has 4 rings (SSSR count).